The number of hydrogen-bond donors (Lipinski definition) is 6. The average molecular weight is 634 g/mol. The summed E-state index contributed by atoms with van der Waals surface area (Å²) in [5.74, 6) is -2.01. The molecule has 0 bridgehead atoms. The van der Waals surface area contributed by atoms with Crippen molar-refractivity contribution in [2.75, 3.05) is 18.9 Å². The van der Waals surface area contributed by atoms with E-state index in [-0.39, 0.29) is 42.7 Å². The molecule has 3 aromatic rings. The zero-order valence-corrected chi connectivity index (χ0v) is 24.8. The highest BCUT2D eigenvalue weighted by Crippen LogP contribution is 2.43. The monoisotopic (exact) mass is 633 g/mol. The maximum atomic E-state index is 13.2. The Labute approximate surface area is 262 Å². The molecule has 0 aliphatic carbocycles. The molecule has 14 heteroatoms. The number of carbonyl (C=O) groups excluding carboxylic acids is 3. The molecule has 3 aliphatic heterocycles. The quantitative estimate of drug-likeness (QED) is 0.148. The summed E-state index contributed by atoms with van der Waals surface area (Å²) < 4.78 is 5.46. The number of H-pyrrole nitrogens is 1. The average Bonchev–Trinajstić information content (AvgIpc) is 3.77. The van der Waals surface area contributed by atoms with Gasteiger partial charge < -0.3 is 35.7 Å². The number of benzene rings is 2. The van der Waals surface area contributed by atoms with Crippen LogP contribution in [0.15, 0.2) is 89.7 Å². The van der Waals surface area contributed by atoms with E-state index in [9.17, 15) is 29.4 Å². The Morgan fingerprint density at radius 1 is 1.13 bits per heavy atom. The van der Waals surface area contributed by atoms with Gasteiger partial charge in [-0.05, 0) is 59.4 Å². The standard InChI is InChI=1S/C28H27N3O8S.C3H4N2/c32-12-15-4-6-18(7-5-15)39-13-22(34)30-23-26(36)31-24(28(37)38)21(14-40-27(23)31)20(19-8-9-29-25(19)35)11-16-2-1-3-17(33)10-16;1-2-5-3-4-1/h1-7,10,23,27,32-33H,8-9,11-14H2,(H,29,35)(H,30,34)(H,37,38);1-3H,(H,4,5)/t23-,27-;/m1./s1. The van der Waals surface area contributed by atoms with E-state index < -0.39 is 29.2 Å². The summed E-state index contributed by atoms with van der Waals surface area (Å²) in [5, 5.41) is 34.0. The number of thioether (sulfide) groups is 1. The second-order valence-electron chi connectivity index (χ2n) is 10.2. The molecular formula is C31H31N5O8S. The van der Waals surface area contributed by atoms with Crippen molar-refractivity contribution in [2.45, 2.75) is 30.9 Å². The number of phenolic OH excluding ortho intramolecular Hbond substituents is 1. The SMILES string of the molecule is O=C(COc1ccc(CO)cc1)N[C@@H]1C(=O)N2C(C(=O)O)=C(C(Cc3cccc(O)c3)=C3CCNC3=O)CS[C@H]12.c1c[nH]cn1. The number of carboxylic acid groups (broad SMARTS) is 1. The molecular weight excluding hydrogens is 602 g/mol. The number of aromatic nitrogens is 2. The minimum absolute atomic E-state index is 0.0471. The van der Waals surface area contributed by atoms with Crippen LogP contribution in [0.4, 0.5) is 0 Å². The van der Waals surface area contributed by atoms with Crippen LogP contribution >= 0.6 is 11.8 Å². The lowest BCUT2D eigenvalue weighted by Crippen LogP contribution is -2.70. The van der Waals surface area contributed by atoms with E-state index in [2.05, 4.69) is 20.6 Å². The molecule has 3 aliphatic rings. The minimum atomic E-state index is -1.31. The number of aliphatic carboxylic acids is 1. The normalized spacial score (nSPS) is 19.9. The van der Waals surface area contributed by atoms with Crippen LogP contribution in [0.1, 0.15) is 17.5 Å². The second kappa shape index (κ2) is 14.1. The van der Waals surface area contributed by atoms with Gasteiger partial charge in [0.2, 0.25) is 5.91 Å². The Kier molecular flexibility index (Phi) is 9.85. The maximum absolute atomic E-state index is 13.2. The first-order valence-electron chi connectivity index (χ1n) is 14.0. The molecule has 1 aromatic heterocycles. The van der Waals surface area contributed by atoms with E-state index >= 15 is 0 Å². The molecule has 13 nitrogen and oxygen atoms in total. The highest BCUT2D eigenvalue weighted by atomic mass is 32.2. The number of aliphatic hydroxyl groups is 1. The van der Waals surface area contributed by atoms with E-state index in [1.165, 1.54) is 22.7 Å². The third kappa shape index (κ3) is 7.19. The number of phenols is 1. The molecule has 0 spiro atoms. The molecule has 3 amide bonds. The van der Waals surface area contributed by atoms with Gasteiger partial charge in [-0.15, -0.1) is 11.8 Å². The number of β-lactam (4-membered cyclic amide) rings is 1. The number of nitrogens with one attached hydrogen (secondary N) is 3. The van der Waals surface area contributed by atoms with E-state index in [1.807, 2.05) is 0 Å². The fourth-order valence-electron chi connectivity index (χ4n) is 5.20. The smallest absolute Gasteiger partial charge is 0.352 e. The first kappa shape index (κ1) is 31.3. The number of aromatic hydroxyl groups is 1. The van der Waals surface area contributed by atoms with Gasteiger partial charge in [-0.25, -0.2) is 9.78 Å². The number of imidazole rings is 1. The zero-order chi connectivity index (χ0) is 31.9. The van der Waals surface area contributed by atoms with Crippen molar-refractivity contribution in [1.29, 1.82) is 0 Å². The Morgan fingerprint density at radius 2 is 1.93 bits per heavy atom. The summed E-state index contributed by atoms with van der Waals surface area (Å²) in [6.45, 7) is -0.0361. The number of fused-ring (bicyclic) bond motifs is 1. The number of allylic oxidation sites excluding steroid dienone is 1. The van der Waals surface area contributed by atoms with Gasteiger partial charge in [-0.1, -0.05) is 24.3 Å². The van der Waals surface area contributed by atoms with Gasteiger partial charge in [0.15, 0.2) is 6.61 Å². The zero-order valence-electron chi connectivity index (χ0n) is 23.9. The van der Waals surface area contributed by atoms with Crippen molar-refractivity contribution in [2.24, 2.45) is 0 Å². The molecule has 6 rings (SSSR count). The molecule has 2 saturated heterocycles. The number of amides is 3. The molecule has 0 unspecified atom stereocenters. The molecule has 0 radical (unpaired) electrons. The van der Waals surface area contributed by atoms with Crippen LogP contribution in [0.2, 0.25) is 0 Å². The Balaban J connectivity index is 0.000000729. The van der Waals surface area contributed by atoms with Crippen molar-refractivity contribution >= 4 is 35.5 Å². The highest BCUT2D eigenvalue weighted by molar-refractivity contribution is 8.00. The van der Waals surface area contributed by atoms with Gasteiger partial charge in [0.1, 0.15) is 28.6 Å². The Hall–Kier alpha value is -5.08. The first-order chi connectivity index (χ1) is 21.8. The molecule has 4 heterocycles. The molecule has 2 atom stereocenters. The number of aromatic amines is 1. The van der Waals surface area contributed by atoms with Crippen LogP contribution < -0.4 is 15.4 Å². The maximum Gasteiger partial charge on any atom is 0.352 e. The van der Waals surface area contributed by atoms with Crippen molar-refractivity contribution in [1.82, 2.24) is 25.5 Å². The predicted molar refractivity (Wildman–Crippen MR) is 163 cm³/mol. The summed E-state index contributed by atoms with van der Waals surface area (Å²) in [4.78, 5) is 58.4. The summed E-state index contributed by atoms with van der Waals surface area (Å²) in [6, 6.07) is 12.1. The van der Waals surface area contributed by atoms with Crippen LogP contribution in [0.3, 0.4) is 0 Å². The summed E-state index contributed by atoms with van der Waals surface area (Å²) in [6.07, 6.45) is 5.69. The summed E-state index contributed by atoms with van der Waals surface area (Å²) in [7, 11) is 0. The first-order valence-corrected chi connectivity index (χ1v) is 15.1. The number of rotatable bonds is 9. The van der Waals surface area contributed by atoms with Crippen LogP contribution in [-0.2, 0) is 32.2 Å². The van der Waals surface area contributed by atoms with Crippen LogP contribution in [-0.4, -0.2) is 84.2 Å². The van der Waals surface area contributed by atoms with Crippen LogP contribution in [0.5, 0.6) is 11.5 Å². The molecule has 0 saturated carbocycles. The predicted octanol–water partition coefficient (Wildman–Crippen LogP) is 1.47. The van der Waals surface area contributed by atoms with E-state index in [4.69, 9.17) is 9.84 Å². The highest BCUT2D eigenvalue weighted by Gasteiger charge is 2.54. The number of carbonyl (C=O) groups is 4. The fourth-order valence-corrected chi connectivity index (χ4v) is 6.58. The fraction of sp³-hybridized carbons (Fsp3) is 0.258. The van der Waals surface area contributed by atoms with Crippen LogP contribution in [0, 0.1) is 0 Å². The van der Waals surface area contributed by atoms with E-state index in [1.54, 1.807) is 61.2 Å². The number of carboxylic acids is 1. The number of hydrogen-bond acceptors (Lipinski definition) is 9. The lowest BCUT2D eigenvalue weighted by Gasteiger charge is -2.49. The number of nitrogens with zero attached hydrogens (tertiary/aromatic N) is 2. The number of ether oxygens (including phenoxy) is 1. The Bertz CT molecular complexity index is 1620. The molecule has 2 fully saturated rings. The molecule has 45 heavy (non-hydrogen) atoms. The topological polar surface area (TPSA) is 194 Å². The van der Waals surface area contributed by atoms with Crippen molar-refractivity contribution in [3.63, 3.8) is 0 Å². The third-order valence-electron chi connectivity index (χ3n) is 7.32. The molecule has 2 aromatic carbocycles. The van der Waals surface area contributed by atoms with E-state index in [0.29, 0.717) is 46.6 Å². The second-order valence-corrected chi connectivity index (χ2v) is 11.4. The molecule has 234 valence electrons. The van der Waals surface area contributed by atoms with Gasteiger partial charge in [-0.3, -0.25) is 19.3 Å². The van der Waals surface area contributed by atoms with Gasteiger partial charge >= 0.3 is 5.97 Å². The number of aliphatic hydroxyl groups excluding tert-OH is 1. The lowest BCUT2D eigenvalue weighted by molar-refractivity contribution is -0.150. The van der Waals surface area contributed by atoms with Gasteiger partial charge in [-0.2, -0.15) is 0 Å². The van der Waals surface area contributed by atoms with E-state index in [0.717, 1.165) is 0 Å². The van der Waals surface area contributed by atoms with Gasteiger partial charge in [0, 0.05) is 30.3 Å². The van der Waals surface area contributed by atoms with Crippen molar-refractivity contribution in [3.05, 3.63) is 101 Å². The van der Waals surface area contributed by atoms with Gasteiger partial charge in [0.25, 0.3) is 11.8 Å². The molecule has 6 N–H and O–H groups in total. The third-order valence-corrected chi connectivity index (χ3v) is 8.60. The van der Waals surface area contributed by atoms with Crippen LogP contribution in [0.25, 0.3) is 0 Å². The Morgan fingerprint density at radius 3 is 2.53 bits per heavy atom. The minimum Gasteiger partial charge on any atom is -0.508 e. The summed E-state index contributed by atoms with van der Waals surface area (Å²) >= 11 is 1.31. The van der Waals surface area contributed by atoms with Crippen molar-refractivity contribution < 1.29 is 39.2 Å². The summed E-state index contributed by atoms with van der Waals surface area (Å²) in [5.41, 5.74) is 2.53. The van der Waals surface area contributed by atoms with Crippen molar-refractivity contribution in [3.8, 4) is 11.5 Å². The lowest BCUT2D eigenvalue weighted by atomic mass is 9.90. The largest absolute Gasteiger partial charge is 0.508 e. The van der Waals surface area contributed by atoms with Gasteiger partial charge in [0.05, 0.1) is 12.9 Å².